The van der Waals surface area contributed by atoms with Gasteiger partial charge in [-0.2, -0.15) is 0 Å². The maximum atomic E-state index is 11.7. The third-order valence-electron chi connectivity index (χ3n) is 4.06. The minimum absolute atomic E-state index is 0.159. The van der Waals surface area contributed by atoms with Crippen molar-refractivity contribution in [1.29, 1.82) is 0 Å². The lowest BCUT2D eigenvalue weighted by Gasteiger charge is -2.29. The first-order valence-corrected chi connectivity index (χ1v) is 8.98. The first kappa shape index (κ1) is 16.6. The minimum Gasteiger partial charge on any atom is -0.455 e. The number of phosphoric ester groups is 1. The smallest absolute Gasteiger partial charge is 0.455 e. The number of nitrogens with zero attached hydrogens (tertiary/aromatic N) is 4. The van der Waals surface area contributed by atoms with Crippen LogP contribution in [0.4, 0.5) is 0 Å². The summed E-state index contributed by atoms with van der Waals surface area (Å²) < 4.78 is 34.4. The zero-order valence-corrected chi connectivity index (χ0v) is 14.2. The molecule has 0 amide bonds. The van der Waals surface area contributed by atoms with E-state index in [4.69, 9.17) is 18.5 Å². The average molecular weight is 370 g/mol. The Morgan fingerprint density at radius 2 is 2.24 bits per heavy atom. The molecule has 0 bridgehead atoms. The Labute approximate surface area is 141 Å². The number of hydrogen-bond acceptors (Lipinski definition) is 9. The molecule has 0 radical (unpaired) electrons. The van der Waals surface area contributed by atoms with Crippen LogP contribution in [0.5, 0.6) is 0 Å². The number of ether oxygens (including phenoxy) is 2. The number of fused-ring (bicyclic) bond motifs is 2. The fourth-order valence-electron chi connectivity index (χ4n) is 3.02. The zero-order chi connectivity index (χ0) is 17.8. The lowest BCUT2D eigenvalue weighted by molar-refractivity contribution is -0.155. The topological polar surface area (TPSA) is 135 Å². The largest absolute Gasteiger partial charge is 0.472 e. The molecule has 5 atom stereocenters. The second kappa shape index (κ2) is 5.82. The van der Waals surface area contributed by atoms with E-state index >= 15 is 0 Å². The maximum Gasteiger partial charge on any atom is 0.472 e. The van der Waals surface area contributed by atoms with Gasteiger partial charge in [0.1, 0.15) is 24.1 Å². The van der Waals surface area contributed by atoms with E-state index in [1.54, 1.807) is 11.5 Å². The van der Waals surface area contributed by atoms with Crippen LogP contribution in [0, 0.1) is 6.92 Å². The van der Waals surface area contributed by atoms with Gasteiger partial charge in [-0.05, 0) is 6.92 Å². The van der Waals surface area contributed by atoms with E-state index in [1.807, 2.05) is 0 Å². The molecule has 0 aliphatic carbocycles. The number of esters is 1. The third kappa shape index (κ3) is 2.83. The van der Waals surface area contributed by atoms with Gasteiger partial charge >= 0.3 is 13.8 Å². The molecule has 134 valence electrons. The lowest BCUT2D eigenvalue weighted by Crippen LogP contribution is -2.41. The van der Waals surface area contributed by atoms with Crippen molar-refractivity contribution in [3.8, 4) is 0 Å². The first-order chi connectivity index (χ1) is 11.9. The van der Waals surface area contributed by atoms with Crippen LogP contribution in [0.15, 0.2) is 12.7 Å². The number of carbonyl (C=O) groups excluding carboxylic acids is 1. The van der Waals surface area contributed by atoms with Crippen molar-refractivity contribution in [2.24, 2.45) is 0 Å². The Balaban J connectivity index is 1.75. The van der Waals surface area contributed by atoms with E-state index in [9.17, 15) is 14.3 Å². The molecule has 0 spiro atoms. The van der Waals surface area contributed by atoms with Crippen LogP contribution in [0.3, 0.4) is 0 Å². The lowest BCUT2D eigenvalue weighted by atomic mass is 10.1. The van der Waals surface area contributed by atoms with Crippen LogP contribution in [-0.2, 0) is 27.9 Å². The van der Waals surface area contributed by atoms with Crippen LogP contribution in [0.25, 0.3) is 11.2 Å². The normalized spacial score (nSPS) is 34.8. The van der Waals surface area contributed by atoms with Gasteiger partial charge in [0, 0.05) is 6.92 Å². The molecule has 1 N–H and O–H groups in total. The highest BCUT2D eigenvalue weighted by molar-refractivity contribution is 7.47. The second-order valence-electron chi connectivity index (χ2n) is 5.76. The molecule has 0 aromatic carbocycles. The van der Waals surface area contributed by atoms with E-state index in [-0.39, 0.29) is 6.61 Å². The highest BCUT2D eigenvalue weighted by atomic mass is 31.2. The van der Waals surface area contributed by atoms with Crippen molar-refractivity contribution < 1.29 is 32.8 Å². The van der Waals surface area contributed by atoms with E-state index < -0.39 is 38.3 Å². The summed E-state index contributed by atoms with van der Waals surface area (Å²) in [5.74, 6) is -0.572. The second-order valence-corrected chi connectivity index (χ2v) is 7.16. The highest BCUT2D eigenvalue weighted by Gasteiger charge is 2.55. The zero-order valence-electron chi connectivity index (χ0n) is 13.3. The summed E-state index contributed by atoms with van der Waals surface area (Å²) in [6, 6.07) is 0. The van der Waals surface area contributed by atoms with Gasteiger partial charge in [-0.3, -0.25) is 18.4 Å². The molecule has 12 heteroatoms. The van der Waals surface area contributed by atoms with Crippen LogP contribution in [-0.4, -0.2) is 55.3 Å². The quantitative estimate of drug-likeness (QED) is 0.587. The predicted octanol–water partition coefficient (Wildman–Crippen LogP) is 0.480. The van der Waals surface area contributed by atoms with Crippen LogP contribution >= 0.6 is 7.82 Å². The molecule has 25 heavy (non-hydrogen) atoms. The molecule has 2 aromatic rings. The van der Waals surface area contributed by atoms with Crippen molar-refractivity contribution in [3.63, 3.8) is 0 Å². The van der Waals surface area contributed by atoms with Gasteiger partial charge in [0.05, 0.1) is 18.6 Å². The number of rotatable bonds is 2. The van der Waals surface area contributed by atoms with Gasteiger partial charge in [-0.25, -0.2) is 19.5 Å². The van der Waals surface area contributed by atoms with E-state index in [0.29, 0.717) is 16.9 Å². The van der Waals surface area contributed by atoms with Gasteiger partial charge in [0.25, 0.3) is 0 Å². The molecule has 2 aromatic heterocycles. The van der Waals surface area contributed by atoms with Gasteiger partial charge in [-0.1, -0.05) is 0 Å². The Bertz CT molecular complexity index is 886. The number of imidazole rings is 1. The van der Waals surface area contributed by atoms with Crippen molar-refractivity contribution in [1.82, 2.24) is 19.5 Å². The fraction of sp³-hybridized carbons (Fsp3) is 0.538. The summed E-state index contributed by atoms with van der Waals surface area (Å²) in [5, 5.41) is 0. The molecular weight excluding hydrogens is 355 g/mol. The molecule has 0 saturated carbocycles. The average Bonchev–Trinajstić information content (AvgIpc) is 3.09. The molecule has 5 unspecified atom stereocenters. The van der Waals surface area contributed by atoms with Crippen molar-refractivity contribution in [2.75, 3.05) is 6.61 Å². The number of phosphoric acid groups is 1. The molecule has 2 saturated heterocycles. The summed E-state index contributed by atoms with van der Waals surface area (Å²) in [7, 11) is -4.22. The number of carbonyl (C=O) groups is 1. The first-order valence-electron chi connectivity index (χ1n) is 7.48. The summed E-state index contributed by atoms with van der Waals surface area (Å²) in [5.41, 5.74) is 1.75. The van der Waals surface area contributed by atoms with Crippen molar-refractivity contribution in [2.45, 2.75) is 38.4 Å². The molecule has 4 heterocycles. The number of aryl methyl sites for hydroxylation is 1. The van der Waals surface area contributed by atoms with Crippen molar-refractivity contribution >= 4 is 25.0 Å². The van der Waals surface area contributed by atoms with Gasteiger partial charge in [-0.15, -0.1) is 0 Å². The Kier molecular flexibility index (Phi) is 3.85. The molecule has 2 aliphatic rings. The summed E-state index contributed by atoms with van der Waals surface area (Å²) in [4.78, 5) is 33.6. The number of hydrogen-bond donors (Lipinski definition) is 1. The van der Waals surface area contributed by atoms with Gasteiger partial charge in [0.15, 0.2) is 18.0 Å². The SMILES string of the molecule is CC(=O)OC1C2OP(=O)(O)OCC2OC1n1cnc2c(C)ncnc21. The molecule has 2 fully saturated rings. The highest BCUT2D eigenvalue weighted by Crippen LogP contribution is 2.53. The standard InChI is InChI=1S/C13H15N4O7P/c1-6-9-12(15-4-14-6)17(5-16-9)13-11(22-7(2)18)10-8(23-13)3-21-25(19,20)24-10/h4-5,8,10-11,13H,3H2,1-2H3,(H,19,20). The predicted molar refractivity (Wildman–Crippen MR) is 80.2 cm³/mol. The summed E-state index contributed by atoms with van der Waals surface area (Å²) >= 11 is 0. The van der Waals surface area contributed by atoms with Crippen LogP contribution in [0.1, 0.15) is 18.8 Å². The molecule has 4 rings (SSSR count). The summed E-state index contributed by atoms with van der Waals surface area (Å²) in [6.45, 7) is 2.87. The van der Waals surface area contributed by atoms with Gasteiger partial charge in [0.2, 0.25) is 0 Å². The number of aromatic nitrogens is 4. The Hall–Kier alpha value is -1.91. The summed E-state index contributed by atoms with van der Waals surface area (Å²) in [6.07, 6.45) is -0.535. The molecular formula is C13H15N4O7P. The Morgan fingerprint density at radius 1 is 1.44 bits per heavy atom. The van der Waals surface area contributed by atoms with Crippen LogP contribution < -0.4 is 0 Å². The Morgan fingerprint density at radius 3 is 3.00 bits per heavy atom. The van der Waals surface area contributed by atoms with E-state index in [2.05, 4.69) is 15.0 Å². The fourth-order valence-corrected chi connectivity index (χ4v) is 3.98. The molecule has 11 nitrogen and oxygen atoms in total. The van der Waals surface area contributed by atoms with E-state index in [0.717, 1.165) is 0 Å². The third-order valence-corrected chi connectivity index (χ3v) is 5.05. The van der Waals surface area contributed by atoms with Gasteiger partial charge < -0.3 is 14.4 Å². The minimum atomic E-state index is -4.22. The molecule has 2 aliphatic heterocycles. The van der Waals surface area contributed by atoms with Crippen LogP contribution in [0.2, 0.25) is 0 Å². The maximum absolute atomic E-state index is 11.7. The monoisotopic (exact) mass is 370 g/mol. The van der Waals surface area contributed by atoms with E-state index in [1.165, 1.54) is 19.6 Å². The van der Waals surface area contributed by atoms with Crippen molar-refractivity contribution in [3.05, 3.63) is 18.3 Å².